The topological polar surface area (TPSA) is 57.5 Å². The van der Waals surface area contributed by atoms with Gasteiger partial charge in [0, 0.05) is 10.1 Å². The number of carbonyl (C=O) groups is 1. The Morgan fingerprint density at radius 1 is 1.22 bits per heavy atom. The summed E-state index contributed by atoms with van der Waals surface area (Å²) >= 11 is 1.55. The van der Waals surface area contributed by atoms with E-state index < -0.39 is 5.97 Å². The molecule has 0 aromatic heterocycles. The normalized spacial score (nSPS) is 12.6. The monoisotopic (exact) mass is 262 g/mol. The van der Waals surface area contributed by atoms with Gasteiger partial charge in [0.25, 0.3) is 0 Å². The first-order valence-corrected chi connectivity index (χ1v) is 6.54. The van der Waals surface area contributed by atoms with Crippen molar-refractivity contribution in [1.82, 2.24) is 0 Å². The molecule has 18 heavy (non-hydrogen) atoms. The first-order valence-electron chi connectivity index (χ1n) is 5.66. The van der Waals surface area contributed by atoms with Crippen molar-refractivity contribution in [2.24, 2.45) is 0 Å². The van der Waals surface area contributed by atoms with Crippen molar-refractivity contribution in [3.05, 3.63) is 42.0 Å². The minimum Gasteiger partial charge on any atom is -0.478 e. The molecule has 2 N–H and O–H groups in total. The highest BCUT2D eigenvalue weighted by Gasteiger charge is 2.12. The van der Waals surface area contributed by atoms with Crippen molar-refractivity contribution in [2.45, 2.75) is 17.1 Å². The average Bonchev–Trinajstić information content (AvgIpc) is 2.38. The lowest BCUT2D eigenvalue weighted by atomic mass is 10.0. The van der Waals surface area contributed by atoms with E-state index in [0.29, 0.717) is 5.56 Å². The number of aromatic carboxylic acids is 1. The molecule has 0 heterocycles. The van der Waals surface area contributed by atoms with Crippen molar-refractivity contribution >= 4 is 28.5 Å². The number of thioether (sulfide) groups is 1. The lowest BCUT2D eigenvalue weighted by Gasteiger charge is -2.11. The van der Waals surface area contributed by atoms with Gasteiger partial charge < -0.3 is 10.2 Å². The number of fused-ring (bicyclic) bond motifs is 1. The number of aliphatic hydroxyl groups excluding tert-OH is 1. The molecule has 2 aromatic rings. The summed E-state index contributed by atoms with van der Waals surface area (Å²) in [7, 11) is 0. The van der Waals surface area contributed by atoms with E-state index in [2.05, 4.69) is 0 Å². The molecule has 0 fully saturated rings. The van der Waals surface area contributed by atoms with Crippen molar-refractivity contribution in [3.63, 3.8) is 0 Å². The van der Waals surface area contributed by atoms with Crippen LogP contribution in [0.2, 0.25) is 0 Å². The van der Waals surface area contributed by atoms with Gasteiger partial charge >= 0.3 is 5.97 Å². The molecule has 0 aliphatic rings. The maximum Gasteiger partial charge on any atom is 0.336 e. The highest BCUT2D eigenvalue weighted by Crippen LogP contribution is 2.32. The summed E-state index contributed by atoms with van der Waals surface area (Å²) in [5, 5.41) is 20.0. The van der Waals surface area contributed by atoms with Crippen molar-refractivity contribution in [2.75, 3.05) is 6.61 Å². The van der Waals surface area contributed by atoms with Crippen LogP contribution in [0.4, 0.5) is 0 Å². The maximum absolute atomic E-state index is 11.2. The van der Waals surface area contributed by atoms with Gasteiger partial charge in [-0.3, -0.25) is 0 Å². The van der Waals surface area contributed by atoms with Crippen molar-refractivity contribution < 1.29 is 15.0 Å². The minimum absolute atomic E-state index is 0.0871. The fraction of sp³-hybridized carbons (Fsp3) is 0.214. The molecular weight excluding hydrogens is 248 g/mol. The molecule has 0 saturated heterocycles. The fourth-order valence-electron chi connectivity index (χ4n) is 1.81. The Labute approximate surface area is 109 Å². The van der Waals surface area contributed by atoms with Crippen LogP contribution in [-0.4, -0.2) is 28.0 Å². The molecule has 94 valence electrons. The third kappa shape index (κ3) is 2.49. The van der Waals surface area contributed by atoms with E-state index >= 15 is 0 Å². The molecule has 2 rings (SSSR count). The summed E-state index contributed by atoms with van der Waals surface area (Å²) < 4.78 is 0. The standard InChI is InChI=1S/C14H14O3S/c1-9(8-15)18-13-7-6-12(14(16)17)10-4-2-3-5-11(10)13/h2-7,9,15H,8H2,1H3,(H,16,17). The predicted octanol–water partition coefficient (Wildman–Crippen LogP) is 3.01. The third-order valence-electron chi connectivity index (χ3n) is 2.70. The number of benzene rings is 2. The maximum atomic E-state index is 11.2. The van der Waals surface area contributed by atoms with Gasteiger partial charge in [-0.05, 0) is 22.9 Å². The summed E-state index contributed by atoms with van der Waals surface area (Å²) in [6, 6.07) is 10.9. The summed E-state index contributed by atoms with van der Waals surface area (Å²) in [6.07, 6.45) is 0. The second-order valence-electron chi connectivity index (χ2n) is 4.07. The summed E-state index contributed by atoms with van der Waals surface area (Å²) in [4.78, 5) is 12.2. The quantitative estimate of drug-likeness (QED) is 0.832. The van der Waals surface area contributed by atoms with Crippen LogP contribution >= 0.6 is 11.8 Å². The zero-order valence-electron chi connectivity index (χ0n) is 9.96. The second-order valence-corrected chi connectivity index (χ2v) is 5.55. The predicted molar refractivity (Wildman–Crippen MR) is 73.3 cm³/mol. The van der Waals surface area contributed by atoms with Crippen molar-refractivity contribution in [1.29, 1.82) is 0 Å². The van der Waals surface area contributed by atoms with Gasteiger partial charge in [-0.2, -0.15) is 0 Å². The lowest BCUT2D eigenvalue weighted by Crippen LogP contribution is -2.02. The van der Waals surface area contributed by atoms with Gasteiger partial charge in [-0.15, -0.1) is 11.8 Å². The summed E-state index contributed by atoms with van der Waals surface area (Å²) in [6.45, 7) is 2.03. The van der Waals surface area contributed by atoms with E-state index in [1.165, 1.54) is 0 Å². The number of hydrogen-bond donors (Lipinski definition) is 2. The van der Waals surface area contributed by atoms with Gasteiger partial charge in [0.1, 0.15) is 0 Å². The number of carboxylic acid groups (broad SMARTS) is 1. The van der Waals surface area contributed by atoms with Gasteiger partial charge in [0.15, 0.2) is 0 Å². The Morgan fingerprint density at radius 3 is 2.50 bits per heavy atom. The minimum atomic E-state index is -0.919. The van der Waals surface area contributed by atoms with E-state index in [0.717, 1.165) is 15.7 Å². The molecule has 0 saturated carbocycles. The van der Waals surface area contributed by atoms with E-state index in [9.17, 15) is 4.79 Å². The molecular formula is C14H14O3S. The first-order chi connectivity index (χ1) is 8.63. The van der Waals surface area contributed by atoms with Crippen LogP contribution in [0, 0.1) is 0 Å². The summed E-state index contributed by atoms with van der Waals surface area (Å²) in [5.41, 5.74) is 0.312. The molecule has 2 aromatic carbocycles. The third-order valence-corrected chi connectivity index (χ3v) is 3.86. The van der Waals surface area contributed by atoms with Crippen molar-refractivity contribution in [3.8, 4) is 0 Å². The number of hydrogen-bond acceptors (Lipinski definition) is 3. The molecule has 4 heteroatoms. The molecule has 0 radical (unpaired) electrons. The van der Waals surface area contributed by atoms with Crippen LogP contribution in [0.25, 0.3) is 10.8 Å². The molecule has 0 bridgehead atoms. The van der Waals surface area contributed by atoms with Gasteiger partial charge in [-0.1, -0.05) is 31.2 Å². The van der Waals surface area contributed by atoms with Crippen LogP contribution in [0.1, 0.15) is 17.3 Å². The number of carboxylic acids is 1. The van der Waals surface area contributed by atoms with Crippen LogP contribution in [-0.2, 0) is 0 Å². The Balaban J connectivity index is 2.57. The Morgan fingerprint density at radius 2 is 1.89 bits per heavy atom. The van der Waals surface area contributed by atoms with Gasteiger partial charge in [0.2, 0.25) is 0 Å². The molecule has 0 amide bonds. The largest absolute Gasteiger partial charge is 0.478 e. The van der Waals surface area contributed by atoms with Crippen LogP contribution in [0.5, 0.6) is 0 Å². The van der Waals surface area contributed by atoms with Crippen LogP contribution < -0.4 is 0 Å². The number of aliphatic hydroxyl groups is 1. The van der Waals surface area contributed by atoms with E-state index in [1.807, 2.05) is 37.3 Å². The summed E-state index contributed by atoms with van der Waals surface area (Å²) in [5.74, 6) is -0.919. The SMILES string of the molecule is CC(CO)Sc1ccc(C(=O)O)c2ccccc12. The smallest absolute Gasteiger partial charge is 0.336 e. The zero-order valence-corrected chi connectivity index (χ0v) is 10.8. The molecule has 1 atom stereocenters. The Bertz CT molecular complexity index is 580. The van der Waals surface area contributed by atoms with E-state index in [1.54, 1.807) is 17.8 Å². The Kier molecular flexibility index (Phi) is 3.89. The van der Waals surface area contributed by atoms with E-state index in [4.69, 9.17) is 10.2 Å². The number of rotatable bonds is 4. The molecule has 0 aliphatic carbocycles. The fourth-order valence-corrected chi connectivity index (χ4v) is 2.77. The average molecular weight is 262 g/mol. The molecule has 0 aliphatic heterocycles. The molecule has 3 nitrogen and oxygen atoms in total. The van der Waals surface area contributed by atoms with Crippen LogP contribution in [0.3, 0.4) is 0 Å². The zero-order chi connectivity index (χ0) is 13.1. The Hall–Kier alpha value is -1.52. The van der Waals surface area contributed by atoms with E-state index in [-0.39, 0.29) is 11.9 Å². The highest BCUT2D eigenvalue weighted by atomic mass is 32.2. The molecule has 1 unspecified atom stereocenters. The lowest BCUT2D eigenvalue weighted by molar-refractivity contribution is 0.0699. The molecule has 0 spiro atoms. The van der Waals surface area contributed by atoms with Gasteiger partial charge in [0.05, 0.1) is 12.2 Å². The van der Waals surface area contributed by atoms with Crippen LogP contribution in [0.15, 0.2) is 41.3 Å². The second kappa shape index (κ2) is 5.42. The van der Waals surface area contributed by atoms with Gasteiger partial charge in [-0.25, -0.2) is 4.79 Å². The highest BCUT2D eigenvalue weighted by molar-refractivity contribution is 8.00. The first kappa shape index (κ1) is 12.9.